The van der Waals surface area contributed by atoms with Crippen molar-refractivity contribution in [2.24, 2.45) is 0 Å². The average Bonchev–Trinajstić information content (AvgIpc) is 1.38. The topological polar surface area (TPSA) is 146 Å². The van der Waals surface area contributed by atoms with Crippen molar-refractivity contribution in [3.63, 3.8) is 0 Å². The third-order valence-electron chi connectivity index (χ3n) is 28.6. The minimum atomic E-state index is -0.659. The summed E-state index contributed by atoms with van der Waals surface area (Å²) in [5, 5.41) is 98.4. The number of carbonyl (C=O) groups is 5. The first-order valence-corrected chi connectivity index (χ1v) is 34.3. The molecule has 0 aromatic heterocycles. The molecule has 4 aliphatic carbocycles. The summed E-state index contributed by atoms with van der Waals surface area (Å²) in [6, 6.07) is 0. The van der Waals surface area contributed by atoms with Crippen molar-refractivity contribution in [3.8, 4) is 0 Å². The summed E-state index contributed by atoms with van der Waals surface area (Å²) in [6.45, 7) is 8.18. The summed E-state index contributed by atoms with van der Waals surface area (Å²) >= 11 is 0. The van der Waals surface area contributed by atoms with Crippen LogP contribution in [0.3, 0.4) is 0 Å². The Kier molecular flexibility index (Phi) is 5.17. The van der Waals surface area contributed by atoms with E-state index in [9.17, 15) is 24.0 Å². The molecule has 0 unspecified atom stereocenters. The molecule has 428 valence electrons. The zero-order chi connectivity index (χ0) is 59.2. The van der Waals surface area contributed by atoms with Crippen molar-refractivity contribution in [2.75, 3.05) is 45.8 Å². The van der Waals surface area contributed by atoms with E-state index in [0.717, 1.165) is 26.1 Å². The van der Waals surface area contributed by atoms with Gasteiger partial charge in [-0.25, -0.2) is 0 Å². The highest BCUT2D eigenvalue weighted by molar-refractivity contribution is 6.82. The average molecular weight is 1190 g/mol. The molecule has 1 heterocycles. The van der Waals surface area contributed by atoms with Gasteiger partial charge in [-0.15, -0.1) is 0 Å². The normalized spacial score (nSPS) is 20.0. The Bertz CT molecular complexity index is 7470. The highest BCUT2D eigenvalue weighted by Gasteiger charge is 2.72. The summed E-state index contributed by atoms with van der Waals surface area (Å²) in [5.74, 6) is -1.45. The highest BCUT2D eigenvalue weighted by Crippen LogP contribution is 2.85. The molecule has 2 spiro atoms. The molecule has 11 nitrogen and oxygen atoms in total. The maximum absolute atomic E-state index is 14.0. The molecule has 28 aromatic carbocycles. The Morgan fingerprint density at radius 3 is 0.763 bits per heavy atom. The van der Waals surface area contributed by atoms with Gasteiger partial charge >= 0.3 is 5.97 Å². The number of rotatable bonds is 16. The molecule has 4 amide bonds. The lowest BCUT2D eigenvalue weighted by Crippen LogP contribution is -2.51. The van der Waals surface area contributed by atoms with Crippen molar-refractivity contribution < 1.29 is 28.7 Å². The molecule has 28 aromatic rings. The number of hydrogen-bond acceptors (Lipinski definition) is 7. The van der Waals surface area contributed by atoms with Gasteiger partial charge < -0.3 is 30.9 Å². The van der Waals surface area contributed by atoms with E-state index in [4.69, 9.17) is 4.74 Å². The van der Waals surface area contributed by atoms with Crippen LogP contribution in [0.2, 0.25) is 0 Å². The molecule has 1 aliphatic heterocycles. The number of hydrogen-bond donors (Lipinski definition) is 4. The minimum absolute atomic E-state index is 0.0326. The lowest BCUT2D eigenvalue weighted by molar-refractivity contribution is -0.154. The summed E-state index contributed by atoms with van der Waals surface area (Å²) in [7, 11) is 0. The summed E-state index contributed by atoms with van der Waals surface area (Å²) in [5.41, 5.74) is 5.49. The molecule has 0 radical (unpaired) electrons. The van der Waals surface area contributed by atoms with E-state index in [1.54, 1.807) is 334 Å². The van der Waals surface area contributed by atoms with Crippen LogP contribution in [0.4, 0.5) is 0 Å². The fourth-order valence-electron chi connectivity index (χ4n) is 27.5. The van der Waals surface area contributed by atoms with Gasteiger partial charge in [0.15, 0.2) is 0 Å². The first-order valence-electron chi connectivity index (χ1n) is 34.3. The number of nitrogens with zero attached hydrogens (tertiary/aromatic N) is 1. The van der Waals surface area contributed by atoms with Gasteiger partial charge in [-0.05, 0) is 360 Å². The van der Waals surface area contributed by atoms with Crippen molar-refractivity contribution in [1.82, 2.24) is 26.2 Å². The maximum Gasteiger partial charge on any atom is 0.325 e. The summed E-state index contributed by atoms with van der Waals surface area (Å²) in [6.07, 6.45) is 2.50. The third-order valence-corrected chi connectivity index (χ3v) is 28.6. The Morgan fingerprint density at radius 1 is 0.301 bits per heavy atom. The second-order valence-electron chi connectivity index (χ2n) is 32.4. The zero-order valence-corrected chi connectivity index (χ0v) is 50.1. The second kappa shape index (κ2) is 11.2. The van der Waals surface area contributed by atoms with Crippen LogP contribution in [0.15, 0.2) is 0 Å². The molecule has 93 heavy (non-hydrogen) atoms. The molecule has 1 saturated heterocycles. The quantitative estimate of drug-likeness (QED) is 0.0428. The molecule has 0 bridgehead atoms. The Balaban J connectivity index is 0.570. The third kappa shape index (κ3) is 3.13. The van der Waals surface area contributed by atoms with E-state index in [1.165, 1.54) is 0 Å². The van der Waals surface area contributed by atoms with E-state index >= 15 is 0 Å². The predicted octanol–water partition coefficient (Wildman–Crippen LogP) is 15.8. The Morgan fingerprint density at radius 2 is 0.516 bits per heavy atom. The molecule has 33 rings (SSSR count). The van der Waals surface area contributed by atoms with Gasteiger partial charge in [0.25, 0.3) is 0 Å². The van der Waals surface area contributed by atoms with Crippen molar-refractivity contribution in [3.05, 3.63) is 22.3 Å². The van der Waals surface area contributed by atoms with E-state index in [2.05, 4.69) is 26.2 Å². The standard InChI is InChI=1S/C82H39N5O6/c1-80(2,3)93-21(92)14-86-20(91)13-85-19(90)8-5-11-83-17(88)7-4-10-84-18(89)9-6-12-87-15-81-76-68-60-50-40-32-24-22-23-26-30-28(24)36-44-38(30)48-42-34(26)35-27(23)31-29-25(22)33(32)41-47-37(29)45-39(31)49-43(35)53-52(42)62-56(48)66-58(44)64(54(60)46(36)40)72(76)74(66)78-70(62)71-63(53)57(49)67-59(45)65-55(47)61(51(41)50)69(68)77(81)73(65)75(67)79(71)82(78,81)16-87/h4-16H2,1-3H3,(H,83,88)(H,84,89)(H,85,90)(H,86,91). The van der Waals surface area contributed by atoms with Crippen LogP contribution in [-0.4, -0.2) is 85.9 Å². The first-order chi connectivity index (χ1) is 45.5. The van der Waals surface area contributed by atoms with Gasteiger partial charge in [0.1, 0.15) is 12.1 Å². The van der Waals surface area contributed by atoms with Crippen molar-refractivity contribution >= 4 is 320 Å². The largest absolute Gasteiger partial charge is 0.459 e. The lowest BCUT2D eigenvalue weighted by Gasteiger charge is -2.49. The van der Waals surface area contributed by atoms with Gasteiger partial charge in [0.2, 0.25) is 23.6 Å². The number of ether oxygens (including phenoxy) is 1. The first kappa shape index (κ1) is 42.8. The summed E-state index contributed by atoms with van der Waals surface area (Å²) in [4.78, 5) is 66.4. The smallest absolute Gasteiger partial charge is 0.325 e. The number of nitrogens with one attached hydrogen (secondary N) is 4. The Labute approximate surface area is 516 Å². The van der Waals surface area contributed by atoms with Gasteiger partial charge in [-0.3, -0.25) is 24.0 Å². The van der Waals surface area contributed by atoms with Crippen LogP contribution in [0.1, 0.15) is 81.5 Å². The highest BCUT2D eigenvalue weighted by atomic mass is 16.6. The van der Waals surface area contributed by atoms with Gasteiger partial charge in [-0.2, -0.15) is 0 Å². The van der Waals surface area contributed by atoms with Crippen LogP contribution in [0.25, 0.3) is 291 Å². The monoisotopic (exact) mass is 1190 g/mol. The van der Waals surface area contributed by atoms with Crippen LogP contribution in [0.5, 0.6) is 0 Å². The van der Waals surface area contributed by atoms with Crippen LogP contribution in [-0.2, 0) is 39.5 Å². The number of esters is 1. The van der Waals surface area contributed by atoms with E-state index < -0.39 is 17.5 Å². The van der Waals surface area contributed by atoms with Crippen molar-refractivity contribution in [2.45, 2.75) is 75.7 Å². The minimum Gasteiger partial charge on any atom is -0.459 e. The van der Waals surface area contributed by atoms with Crippen molar-refractivity contribution in [1.29, 1.82) is 0 Å². The summed E-state index contributed by atoms with van der Waals surface area (Å²) < 4.78 is 5.21. The second-order valence-corrected chi connectivity index (χ2v) is 32.4. The number of carbonyl (C=O) groups excluding carboxylic acids is 5. The SMILES string of the molecule is CC(C)(C)OC(=O)CNC(=O)CNC(=O)CCCNC(=O)CCCNC(=O)CCCN1CC23c4c5c6c7c8c9c(c%10c%11c2c2c4c4c%12c5c5c6c6c8c8c%13c9c9c%10c%10c%11c%11c2c2c4c4c%12c%12c5c5c6c8c6c8c%13c9c9c%10c%10c%11c2c2c4c4c%12c5c6c5c8c9c%10c2c45)C73C1. The van der Waals surface area contributed by atoms with Gasteiger partial charge in [-0.1, -0.05) is 0 Å². The van der Waals surface area contributed by atoms with E-state index in [-0.39, 0.29) is 54.5 Å². The number of amides is 4. The van der Waals surface area contributed by atoms with Gasteiger partial charge in [0, 0.05) is 45.4 Å². The van der Waals surface area contributed by atoms with Crippen LogP contribution < -0.4 is 21.3 Å². The van der Waals surface area contributed by atoms with Crippen LogP contribution in [0, 0.1) is 0 Å². The molecule has 4 N–H and O–H groups in total. The fraction of sp³-hybridized carbons (Fsp3) is 0.232. The molecule has 0 saturated carbocycles. The lowest BCUT2D eigenvalue weighted by atomic mass is 9.50. The molecule has 0 atom stereocenters. The van der Waals surface area contributed by atoms with Gasteiger partial charge in [0.05, 0.1) is 17.4 Å². The Hall–Kier alpha value is -10.2. The van der Waals surface area contributed by atoms with E-state index in [0.29, 0.717) is 32.4 Å². The number of likely N-dealkylation sites (tertiary alicyclic amines) is 1. The molecule has 11 heteroatoms. The number of benzene rings is 18. The van der Waals surface area contributed by atoms with E-state index in [1.807, 2.05) is 0 Å². The maximum atomic E-state index is 14.0. The van der Waals surface area contributed by atoms with Crippen LogP contribution >= 0.6 is 0 Å². The predicted molar refractivity (Wildman–Crippen MR) is 376 cm³/mol. The molecule has 1 fully saturated rings. The molecular weight excluding hydrogens is 1150 g/mol. The molecule has 5 aliphatic rings. The molecular formula is C82H39N5O6. The fourth-order valence-corrected chi connectivity index (χ4v) is 27.5. The zero-order valence-electron chi connectivity index (χ0n) is 50.1.